The molecule has 1 unspecified atom stereocenters. The Morgan fingerprint density at radius 2 is 1.83 bits per heavy atom. The molecule has 7 atom stereocenters. The maximum atomic E-state index is 13.6. The zero-order valence-electron chi connectivity index (χ0n) is 31.7. The molecule has 7 rings (SSSR count). The molecule has 2 fully saturated rings. The van der Waals surface area contributed by atoms with Crippen molar-refractivity contribution in [3.05, 3.63) is 70.3 Å². The number of hydrogen-bond donors (Lipinski definition) is 1. The number of halogens is 1. The minimum atomic E-state index is -3.94. The van der Waals surface area contributed by atoms with Crippen LogP contribution in [0.4, 0.5) is 5.69 Å². The van der Waals surface area contributed by atoms with E-state index in [0.717, 1.165) is 82.0 Å². The van der Waals surface area contributed by atoms with Crippen molar-refractivity contribution in [1.29, 1.82) is 0 Å². The molecule has 2 aromatic rings. The van der Waals surface area contributed by atoms with Gasteiger partial charge in [0.25, 0.3) is 5.91 Å². The van der Waals surface area contributed by atoms with Gasteiger partial charge in [0.15, 0.2) is 0 Å². The summed E-state index contributed by atoms with van der Waals surface area (Å²) in [7, 11) is 2.22. The molecule has 2 bridgehead atoms. The van der Waals surface area contributed by atoms with Gasteiger partial charge >= 0.3 is 0 Å². The molecule has 9 nitrogen and oxygen atoms in total. The number of likely N-dealkylation sites (N-methyl/N-ethyl adjacent to an activating group) is 1. The first-order valence-corrected chi connectivity index (χ1v) is 21.2. The lowest BCUT2D eigenvalue weighted by Gasteiger charge is -2.54. The Bertz CT molecular complexity index is 1790. The molecule has 0 radical (unpaired) electrons. The lowest BCUT2D eigenvalue weighted by molar-refractivity contribution is -0.0940. The lowest BCUT2D eigenvalue weighted by Crippen LogP contribution is -2.67. The van der Waals surface area contributed by atoms with Crippen LogP contribution < -0.4 is 14.4 Å². The molecule has 0 aromatic heterocycles. The number of hydrogen-bond acceptors (Lipinski definition) is 8. The molecule has 284 valence electrons. The highest BCUT2D eigenvalue weighted by Crippen LogP contribution is 2.50. The molecule has 52 heavy (non-hydrogen) atoms. The second-order valence-electron chi connectivity index (χ2n) is 16.9. The number of amides is 1. The number of likely N-dealkylation sites (tertiary alicyclic amines) is 1. The van der Waals surface area contributed by atoms with Crippen molar-refractivity contribution in [1.82, 2.24) is 14.5 Å². The van der Waals surface area contributed by atoms with Crippen molar-refractivity contribution < 1.29 is 22.7 Å². The molecule has 1 amide bonds. The van der Waals surface area contributed by atoms with Gasteiger partial charge in [-0.15, -0.1) is 0 Å². The summed E-state index contributed by atoms with van der Waals surface area (Å²) in [6.45, 7) is 10.5. The number of carbonyl (C=O) groups is 1. The summed E-state index contributed by atoms with van der Waals surface area (Å²) in [5.41, 5.74) is 3.27. The largest absolute Gasteiger partial charge is 0.483 e. The first kappa shape index (κ1) is 37.7. The van der Waals surface area contributed by atoms with E-state index in [0.29, 0.717) is 29.6 Å². The smallest absolute Gasteiger partial charge is 0.264 e. The van der Waals surface area contributed by atoms with E-state index in [1.54, 1.807) is 13.0 Å². The number of carbonyl (C=O) groups excluding carboxylic acids is 1. The first-order valence-electron chi connectivity index (χ1n) is 19.2. The molecule has 1 saturated carbocycles. The number of anilines is 1. The fourth-order valence-corrected chi connectivity index (χ4v) is 10.9. The van der Waals surface area contributed by atoms with Crippen LogP contribution in [0.5, 0.6) is 5.75 Å². The van der Waals surface area contributed by atoms with Crippen LogP contribution in [0.2, 0.25) is 5.02 Å². The molecule has 1 saturated heterocycles. The second kappa shape index (κ2) is 14.5. The van der Waals surface area contributed by atoms with E-state index in [-0.39, 0.29) is 23.5 Å². The van der Waals surface area contributed by atoms with Crippen LogP contribution in [0.1, 0.15) is 86.9 Å². The van der Waals surface area contributed by atoms with Gasteiger partial charge in [-0.25, -0.2) is 13.1 Å². The van der Waals surface area contributed by atoms with E-state index in [1.165, 1.54) is 11.1 Å². The normalized spacial score (nSPS) is 33.5. The van der Waals surface area contributed by atoms with Crippen LogP contribution >= 0.6 is 11.6 Å². The number of allylic oxidation sites excluding steroid dienone is 1. The third-order valence-electron chi connectivity index (χ3n) is 13.5. The monoisotopic (exact) mass is 752 g/mol. The van der Waals surface area contributed by atoms with Gasteiger partial charge in [-0.05, 0) is 132 Å². The van der Waals surface area contributed by atoms with E-state index < -0.39 is 26.8 Å². The minimum absolute atomic E-state index is 0.155. The summed E-state index contributed by atoms with van der Waals surface area (Å²) in [5.74, 6) is 0.789. The summed E-state index contributed by atoms with van der Waals surface area (Å²) < 4.78 is 43.2. The van der Waals surface area contributed by atoms with E-state index in [1.807, 2.05) is 32.2 Å². The van der Waals surface area contributed by atoms with Crippen LogP contribution in [0, 0.1) is 23.7 Å². The van der Waals surface area contributed by atoms with Crippen LogP contribution in [-0.4, -0.2) is 94.4 Å². The number of nitrogens with zero attached hydrogens (tertiary/aromatic N) is 3. The molecule has 2 aliphatic carbocycles. The summed E-state index contributed by atoms with van der Waals surface area (Å²) in [5, 5.41) is -0.0351. The summed E-state index contributed by atoms with van der Waals surface area (Å²) in [6.07, 6.45) is 10.9. The summed E-state index contributed by atoms with van der Waals surface area (Å²) >= 11 is 6.46. The molecular formula is C41H57ClN4O5S. The zero-order valence-corrected chi connectivity index (χ0v) is 33.3. The fraction of sp³-hybridized carbons (Fsp3) is 0.634. The van der Waals surface area contributed by atoms with E-state index >= 15 is 0 Å². The number of methoxy groups -OCH3 is 1. The third kappa shape index (κ3) is 7.15. The molecule has 2 aromatic carbocycles. The van der Waals surface area contributed by atoms with Gasteiger partial charge < -0.3 is 19.3 Å². The number of aryl methyl sites for hydroxylation is 1. The number of nitrogens with one attached hydrogen (secondary N) is 1. The van der Waals surface area contributed by atoms with Gasteiger partial charge in [0.05, 0.1) is 16.5 Å². The highest BCUT2D eigenvalue weighted by atomic mass is 35.5. The van der Waals surface area contributed by atoms with E-state index in [9.17, 15) is 13.2 Å². The van der Waals surface area contributed by atoms with E-state index in [2.05, 4.69) is 64.7 Å². The standard InChI is InChI=1S/C41H57ClN4O5S/c1-27-9-8-18-41(50-6,19-20-45-25-40(3,26-45)44(4)5)35-16-12-31(35)23-46-24-32-11-7-10-29-21-33(42)14-15-34(29)38(32)51-37-17-13-30(22-36(37)46)39(47)43-52(48,49)28(27)2/h8,13-15,17-18,21-22,27-28,31-32,35,38H,7,9-12,16,19-20,23-26H2,1-6H3,(H,43,47)/b18-8+/t27-,28+,31-,32+,35+,38?,41-/m0/s1. The Morgan fingerprint density at radius 1 is 1.06 bits per heavy atom. The van der Waals surface area contributed by atoms with Crippen molar-refractivity contribution in [2.45, 2.75) is 88.2 Å². The lowest BCUT2D eigenvalue weighted by atomic mass is 9.63. The van der Waals surface area contributed by atoms with Gasteiger partial charge in [-0.1, -0.05) is 36.7 Å². The number of ether oxygens (including phenoxy) is 2. The Labute approximate surface area is 316 Å². The maximum Gasteiger partial charge on any atom is 0.264 e. The van der Waals surface area contributed by atoms with Crippen molar-refractivity contribution in [2.24, 2.45) is 23.7 Å². The fourth-order valence-electron chi connectivity index (χ4n) is 9.45. The third-order valence-corrected chi connectivity index (χ3v) is 15.6. The topological polar surface area (TPSA) is 91.4 Å². The number of sulfonamides is 1. The first-order chi connectivity index (χ1) is 24.7. The van der Waals surface area contributed by atoms with Crippen LogP contribution in [0.3, 0.4) is 0 Å². The highest BCUT2D eigenvalue weighted by Gasteiger charge is 2.49. The van der Waals surface area contributed by atoms with Crippen LogP contribution in [0.25, 0.3) is 0 Å². The molecule has 3 heterocycles. The molecule has 1 N–H and O–H groups in total. The minimum Gasteiger partial charge on any atom is -0.483 e. The van der Waals surface area contributed by atoms with Crippen LogP contribution in [0.15, 0.2) is 48.6 Å². The Morgan fingerprint density at radius 3 is 2.54 bits per heavy atom. The zero-order chi connectivity index (χ0) is 37.0. The predicted molar refractivity (Wildman–Crippen MR) is 208 cm³/mol. The van der Waals surface area contributed by atoms with Gasteiger partial charge in [0.2, 0.25) is 10.0 Å². The van der Waals surface area contributed by atoms with Crippen molar-refractivity contribution >= 4 is 33.2 Å². The summed E-state index contributed by atoms with van der Waals surface area (Å²) in [6, 6.07) is 11.5. The SMILES string of the molecule is CO[C@]1(CCN2CC(C)(N(C)C)C2)/C=C/C[C@H](C)[C@@H](C)S(=O)(=O)NC(=O)c2ccc3c(c2)N(C[C@H]2CCCc4cc(Cl)ccc4C2O3)C[C@@H]2CC[C@H]21. The van der Waals surface area contributed by atoms with Gasteiger partial charge in [-0.2, -0.15) is 0 Å². The molecular weight excluding hydrogens is 696 g/mol. The molecule has 0 spiro atoms. The van der Waals surface area contributed by atoms with Gasteiger partial charge in [-0.3, -0.25) is 9.69 Å². The maximum absolute atomic E-state index is 13.6. The molecule has 3 aliphatic heterocycles. The quantitative estimate of drug-likeness (QED) is 0.337. The number of fused-ring (bicyclic) bond motifs is 5. The second-order valence-corrected chi connectivity index (χ2v) is 19.3. The van der Waals surface area contributed by atoms with Crippen molar-refractivity contribution in [2.75, 3.05) is 58.8 Å². The molecule has 11 heteroatoms. The van der Waals surface area contributed by atoms with Gasteiger partial charge in [0.1, 0.15) is 11.9 Å². The Hall–Kier alpha value is -2.63. The predicted octanol–water partition coefficient (Wildman–Crippen LogP) is 6.71. The molecule has 5 aliphatic rings. The van der Waals surface area contributed by atoms with E-state index in [4.69, 9.17) is 21.1 Å². The van der Waals surface area contributed by atoms with Crippen molar-refractivity contribution in [3.8, 4) is 5.75 Å². The number of rotatable bonds is 5. The average Bonchev–Trinajstić information content (AvgIpc) is 3.33. The van der Waals surface area contributed by atoms with Crippen LogP contribution in [-0.2, 0) is 21.2 Å². The Kier molecular flexibility index (Phi) is 10.5. The highest BCUT2D eigenvalue weighted by molar-refractivity contribution is 7.90. The summed E-state index contributed by atoms with van der Waals surface area (Å²) in [4.78, 5) is 20.9. The number of benzene rings is 2. The Balaban J connectivity index is 1.26. The van der Waals surface area contributed by atoms with Crippen molar-refractivity contribution in [3.63, 3.8) is 0 Å². The average molecular weight is 753 g/mol. The van der Waals surface area contributed by atoms with Gasteiger partial charge in [0, 0.05) is 61.9 Å².